The van der Waals surface area contributed by atoms with Crippen LogP contribution in [0.2, 0.25) is 0 Å². The van der Waals surface area contributed by atoms with Gasteiger partial charge >= 0.3 is 0 Å². The minimum Gasteiger partial charge on any atom is -0.396 e. The molecule has 0 saturated heterocycles. The van der Waals surface area contributed by atoms with Gasteiger partial charge in [-0.2, -0.15) is 0 Å². The SMILES string of the molecule is Nc1ccc(-c2ccc(F)c(NC(=O)c3ccccc3)c2)nc1N. The first-order valence-corrected chi connectivity index (χ1v) is 7.23. The number of halogens is 1. The van der Waals surface area contributed by atoms with Crippen molar-refractivity contribution < 1.29 is 9.18 Å². The Morgan fingerprint density at radius 1 is 1.00 bits per heavy atom. The Balaban J connectivity index is 1.92. The number of carbonyl (C=O) groups excluding carboxylic acids is 1. The zero-order chi connectivity index (χ0) is 17.1. The predicted octanol–water partition coefficient (Wildman–Crippen LogP) is 3.30. The summed E-state index contributed by atoms with van der Waals surface area (Å²) in [7, 11) is 0. The van der Waals surface area contributed by atoms with Gasteiger partial charge in [-0.25, -0.2) is 9.37 Å². The Kier molecular flexibility index (Phi) is 4.11. The third-order valence-electron chi connectivity index (χ3n) is 3.50. The van der Waals surface area contributed by atoms with Crippen molar-refractivity contribution >= 4 is 23.1 Å². The van der Waals surface area contributed by atoms with Crippen LogP contribution in [0, 0.1) is 5.82 Å². The van der Waals surface area contributed by atoms with Gasteiger partial charge in [0.2, 0.25) is 0 Å². The molecule has 0 saturated carbocycles. The fraction of sp³-hybridized carbons (Fsp3) is 0. The highest BCUT2D eigenvalue weighted by Crippen LogP contribution is 2.26. The predicted molar refractivity (Wildman–Crippen MR) is 92.9 cm³/mol. The van der Waals surface area contributed by atoms with Crippen LogP contribution in [0.4, 0.5) is 21.6 Å². The van der Waals surface area contributed by atoms with E-state index in [9.17, 15) is 9.18 Å². The summed E-state index contributed by atoms with van der Waals surface area (Å²) >= 11 is 0. The normalized spacial score (nSPS) is 10.4. The van der Waals surface area contributed by atoms with Crippen molar-refractivity contribution in [1.82, 2.24) is 4.98 Å². The van der Waals surface area contributed by atoms with Crippen LogP contribution >= 0.6 is 0 Å². The number of aromatic nitrogens is 1. The monoisotopic (exact) mass is 322 g/mol. The largest absolute Gasteiger partial charge is 0.396 e. The van der Waals surface area contributed by atoms with E-state index in [4.69, 9.17) is 11.5 Å². The number of hydrogen-bond acceptors (Lipinski definition) is 4. The lowest BCUT2D eigenvalue weighted by atomic mass is 10.1. The lowest BCUT2D eigenvalue weighted by Gasteiger charge is -2.09. The first-order chi connectivity index (χ1) is 11.5. The highest BCUT2D eigenvalue weighted by molar-refractivity contribution is 6.04. The van der Waals surface area contributed by atoms with Crippen molar-refractivity contribution in [2.24, 2.45) is 0 Å². The Morgan fingerprint density at radius 3 is 2.46 bits per heavy atom. The molecule has 5 nitrogen and oxygen atoms in total. The molecule has 0 bridgehead atoms. The lowest BCUT2D eigenvalue weighted by molar-refractivity contribution is 0.102. The lowest BCUT2D eigenvalue weighted by Crippen LogP contribution is -2.12. The van der Waals surface area contributed by atoms with Gasteiger partial charge in [0.1, 0.15) is 11.6 Å². The van der Waals surface area contributed by atoms with E-state index in [-0.39, 0.29) is 11.5 Å². The number of carbonyl (C=O) groups is 1. The second kappa shape index (κ2) is 6.37. The molecule has 120 valence electrons. The zero-order valence-electron chi connectivity index (χ0n) is 12.7. The van der Waals surface area contributed by atoms with Gasteiger partial charge < -0.3 is 16.8 Å². The third-order valence-corrected chi connectivity index (χ3v) is 3.50. The summed E-state index contributed by atoms with van der Waals surface area (Å²) in [5, 5.41) is 2.56. The summed E-state index contributed by atoms with van der Waals surface area (Å²) in [6.07, 6.45) is 0. The summed E-state index contributed by atoms with van der Waals surface area (Å²) < 4.78 is 14.0. The maximum Gasteiger partial charge on any atom is 0.255 e. The fourth-order valence-corrected chi connectivity index (χ4v) is 2.21. The molecule has 0 aliphatic rings. The van der Waals surface area contributed by atoms with Crippen LogP contribution in [0.15, 0.2) is 60.7 Å². The highest BCUT2D eigenvalue weighted by Gasteiger charge is 2.11. The van der Waals surface area contributed by atoms with Crippen LogP contribution in [-0.4, -0.2) is 10.9 Å². The zero-order valence-corrected chi connectivity index (χ0v) is 12.7. The van der Waals surface area contributed by atoms with Crippen molar-refractivity contribution in [3.8, 4) is 11.3 Å². The first-order valence-electron chi connectivity index (χ1n) is 7.23. The molecule has 0 atom stereocenters. The van der Waals surface area contributed by atoms with Crippen LogP contribution < -0.4 is 16.8 Å². The maximum absolute atomic E-state index is 14.0. The minimum atomic E-state index is -0.536. The molecule has 24 heavy (non-hydrogen) atoms. The van der Waals surface area contributed by atoms with Gasteiger partial charge in [-0.3, -0.25) is 4.79 Å². The molecular weight excluding hydrogens is 307 g/mol. The number of nitrogens with two attached hydrogens (primary N) is 2. The van der Waals surface area contributed by atoms with Crippen LogP contribution in [0.3, 0.4) is 0 Å². The molecule has 0 aliphatic carbocycles. The standard InChI is InChI=1S/C18H15FN4O/c19-13-7-6-12(15-9-8-14(20)17(21)22-15)10-16(13)23-18(24)11-4-2-1-3-5-11/h1-10H,20H2,(H2,21,22)(H,23,24). The van der Waals surface area contributed by atoms with Crippen LogP contribution in [0.25, 0.3) is 11.3 Å². The molecule has 0 radical (unpaired) electrons. The van der Waals surface area contributed by atoms with Crippen LogP contribution in [0.5, 0.6) is 0 Å². The number of nitrogens with one attached hydrogen (secondary N) is 1. The van der Waals surface area contributed by atoms with Crippen LogP contribution in [0.1, 0.15) is 10.4 Å². The summed E-state index contributed by atoms with van der Waals surface area (Å²) in [5.74, 6) is -0.727. The number of anilines is 3. The number of pyridine rings is 1. The fourth-order valence-electron chi connectivity index (χ4n) is 2.21. The Labute approximate surface area is 138 Å². The number of amides is 1. The summed E-state index contributed by atoms with van der Waals surface area (Å²) in [4.78, 5) is 16.4. The molecule has 0 spiro atoms. The van der Waals surface area contributed by atoms with E-state index in [1.165, 1.54) is 12.1 Å². The average molecular weight is 322 g/mol. The van der Waals surface area contributed by atoms with E-state index in [2.05, 4.69) is 10.3 Å². The van der Waals surface area contributed by atoms with Crippen LogP contribution in [-0.2, 0) is 0 Å². The van der Waals surface area contributed by atoms with Crippen molar-refractivity contribution in [2.45, 2.75) is 0 Å². The van der Waals surface area contributed by atoms with E-state index in [0.29, 0.717) is 22.5 Å². The topological polar surface area (TPSA) is 94.0 Å². The molecule has 3 aromatic rings. The van der Waals surface area contributed by atoms with Crippen molar-refractivity contribution in [2.75, 3.05) is 16.8 Å². The van der Waals surface area contributed by atoms with Crippen molar-refractivity contribution in [3.63, 3.8) is 0 Å². The average Bonchev–Trinajstić information content (AvgIpc) is 2.60. The van der Waals surface area contributed by atoms with Gasteiger partial charge in [0.25, 0.3) is 5.91 Å². The second-order valence-electron chi connectivity index (χ2n) is 5.19. The Bertz CT molecular complexity index is 897. The molecule has 3 rings (SSSR count). The number of hydrogen-bond donors (Lipinski definition) is 3. The van der Waals surface area contributed by atoms with E-state index >= 15 is 0 Å². The summed E-state index contributed by atoms with van der Waals surface area (Å²) in [5.41, 5.74) is 13.4. The smallest absolute Gasteiger partial charge is 0.255 e. The Morgan fingerprint density at radius 2 is 1.75 bits per heavy atom. The van der Waals surface area contributed by atoms with Crippen molar-refractivity contribution in [3.05, 3.63) is 72.0 Å². The van der Waals surface area contributed by atoms with E-state index in [1.807, 2.05) is 0 Å². The number of rotatable bonds is 3. The molecule has 6 heteroatoms. The molecule has 1 heterocycles. The molecule has 1 amide bonds. The quantitative estimate of drug-likeness (QED) is 0.689. The van der Waals surface area contributed by atoms with Gasteiger partial charge in [-0.1, -0.05) is 18.2 Å². The number of benzene rings is 2. The molecule has 2 aromatic carbocycles. The molecule has 5 N–H and O–H groups in total. The first kappa shape index (κ1) is 15.5. The van der Waals surface area contributed by atoms with E-state index < -0.39 is 11.7 Å². The molecule has 1 aromatic heterocycles. The Hall–Kier alpha value is -3.41. The number of nitrogens with zero attached hydrogens (tertiary/aromatic N) is 1. The minimum absolute atomic E-state index is 0.0681. The van der Waals surface area contributed by atoms with E-state index in [1.54, 1.807) is 48.5 Å². The highest BCUT2D eigenvalue weighted by atomic mass is 19.1. The van der Waals surface area contributed by atoms with Gasteiger partial charge in [0, 0.05) is 11.1 Å². The van der Waals surface area contributed by atoms with E-state index in [0.717, 1.165) is 0 Å². The molecule has 0 fully saturated rings. The van der Waals surface area contributed by atoms with Gasteiger partial charge in [-0.15, -0.1) is 0 Å². The summed E-state index contributed by atoms with van der Waals surface area (Å²) in [6.45, 7) is 0. The second-order valence-corrected chi connectivity index (χ2v) is 5.19. The number of nitrogen functional groups attached to an aromatic ring is 2. The molecule has 0 aliphatic heterocycles. The van der Waals surface area contributed by atoms with Gasteiger partial charge in [0.05, 0.1) is 17.1 Å². The molecule has 0 unspecified atom stereocenters. The van der Waals surface area contributed by atoms with Crippen molar-refractivity contribution in [1.29, 1.82) is 0 Å². The van der Waals surface area contributed by atoms with Gasteiger partial charge in [-0.05, 0) is 42.5 Å². The summed E-state index contributed by atoms with van der Waals surface area (Å²) in [6, 6.07) is 16.2. The maximum atomic E-state index is 14.0. The molecular formula is C18H15FN4O. The van der Waals surface area contributed by atoms with Gasteiger partial charge in [0.15, 0.2) is 0 Å². The third kappa shape index (κ3) is 3.17.